The van der Waals surface area contributed by atoms with Crippen molar-refractivity contribution in [2.45, 2.75) is 12.8 Å². The average molecular weight is 324 g/mol. The number of ether oxygens (including phenoxy) is 1. The van der Waals surface area contributed by atoms with Gasteiger partial charge in [-0.25, -0.2) is 15.0 Å². The highest BCUT2D eigenvalue weighted by Gasteiger charge is 2.23. The number of piperidine rings is 1. The summed E-state index contributed by atoms with van der Waals surface area (Å²) in [5.41, 5.74) is 0.970. The molecular weight excluding hydrogens is 304 g/mol. The number of rotatable bonds is 4. The Bertz CT molecular complexity index is 818. The number of nitrogens with zero attached hydrogens (tertiary/aromatic N) is 6. The summed E-state index contributed by atoms with van der Waals surface area (Å²) in [7, 11) is 2.01. The molecule has 0 saturated carbocycles. The fourth-order valence-corrected chi connectivity index (χ4v) is 3.27. The van der Waals surface area contributed by atoms with Crippen LogP contribution in [0, 0.1) is 5.92 Å². The molecule has 7 nitrogen and oxygen atoms in total. The molecule has 24 heavy (non-hydrogen) atoms. The molecule has 0 radical (unpaired) electrons. The van der Waals surface area contributed by atoms with Crippen LogP contribution in [-0.2, 0) is 7.05 Å². The second-order valence-electron chi connectivity index (χ2n) is 6.17. The predicted octanol–water partition coefficient (Wildman–Crippen LogP) is 2.05. The van der Waals surface area contributed by atoms with Crippen molar-refractivity contribution in [3.05, 3.63) is 37.2 Å². The minimum atomic E-state index is 0.453. The van der Waals surface area contributed by atoms with Crippen LogP contribution in [0.5, 0.6) is 5.88 Å². The Balaban J connectivity index is 1.48. The molecule has 1 aliphatic heterocycles. The molecule has 1 aliphatic rings. The zero-order valence-corrected chi connectivity index (χ0v) is 13.7. The number of hydrogen-bond acceptors (Lipinski definition) is 6. The number of aryl methyl sites for hydroxylation is 1. The van der Waals surface area contributed by atoms with Crippen molar-refractivity contribution in [3.63, 3.8) is 0 Å². The first-order valence-corrected chi connectivity index (χ1v) is 8.21. The van der Waals surface area contributed by atoms with Gasteiger partial charge in [-0.1, -0.05) is 0 Å². The van der Waals surface area contributed by atoms with E-state index >= 15 is 0 Å². The van der Waals surface area contributed by atoms with Crippen LogP contribution in [0.15, 0.2) is 37.2 Å². The molecule has 7 heteroatoms. The second kappa shape index (κ2) is 6.43. The van der Waals surface area contributed by atoms with Crippen molar-refractivity contribution >= 4 is 16.9 Å². The van der Waals surface area contributed by atoms with Gasteiger partial charge in [0.1, 0.15) is 17.8 Å². The summed E-state index contributed by atoms with van der Waals surface area (Å²) in [5, 5.41) is 1.11. The molecule has 0 N–H and O–H groups in total. The van der Waals surface area contributed by atoms with Crippen LogP contribution in [0.25, 0.3) is 11.0 Å². The summed E-state index contributed by atoms with van der Waals surface area (Å²) in [6.45, 7) is 2.60. The third kappa shape index (κ3) is 2.89. The molecule has 3 aromatic heterocycles. The van der Waals surface area contributed by atoms with Crippen molar-refractivity contribution in [2.75, 3.05) is 24.6 Å². The Morgan fingerprint density at radius 1 is 1.25 bits per heavy atom. The molecule has 0 aliphatic carbocycles. The summed E-state index contributed by atoms with van der Waals surface area (Å²) in [6.07, 6.45) is 10.9. The molecular formula is C17H20N6O. The fraction of sp³-hybridized carbons (Fsp3) is 0.412. The number of aromatic nitrogens is 5. The van der Waals surface area contributed by atoms with E-state index in [1.54, 1.807) is 24.9 Å². The maximum atomic E-state index is 5.78. The van der Waals surface area contributed by atoms with E-state index in [0.717, 1.165) is 42.8 Å². The van der Waals surface area contributed by atoms with Crippen LogP contribution >= 0.6 is 0 Å². The van der Waals surface area contributed by atoms with E-state index in [2.05, 4.69) is 30.9 Å². The Hall–Kier alpha value is -2.70. The molecule has 1 unspecified atom stereocenters. The van der Waals surface area contributed by atoms with Crippen LogP contribution in [0.4, 0.5) is 5.82 Å². The smallest absolute Gasteiger partial charge is 0.232 e. The molecule has 4 rings (SSSR count). The Morgan fingerprint density at radius 3 is 3.08 bits per heavy atom. The summed E-state index contributed by atoms with van der Waals surface area (Å²) < 4.78 is 7.81. The van der Waals surface area contributed by atoms with Gasteiger partial charge < -0.3 is 14.2 Å². The van der Waals surface area contributed by atoms with Gasteiger partial charge in [0, 0.05) is 44.6 Å². The highest BCUT2D eigenvalue weighted by molar-refractivity contribution is 5.87. The first kappa shape index (κ1) is 14.9. The van der Waals surface area contributed by atoms with Gasteiger partial charge in [-0.05, 0) is 18.9 Å². The van der Waals surface area contributed by atoms with Gasteiger partial charge >= 0.3 is 0 Å². The quantitative estimate of drug-likeness (QED) is 0.731. The first-order valence-electron chi connectivity index (χ1n) is 8.21. The minimum Gasteiger partial charge on any atom is -0.476 e. The molecule has 1 fully saturated rings. The molecule has 1 saturated heterocycles. The van der Waals surface area contributed by atoms with Crippen molar-refractivity contribution in [1.82, 2.24) is 24.5 Å². The van der Waals surface area contributed by atoms with Gasteiger partial charge in [-0.15, -0.1) is 0 Å². The van der Waals surface area contributed by atoms with E-state index in [-0.39, 0.29) is 0 Å². The van der Waals surface area contributed by atoms with Crippen molar-refractivity contribution in [2.24, 2.45) is 13.0 Å². The van der Waals surface area contributed by atoms with Crippen LogP contribution in [-0.4, -0.2) is 44.2 Å². The lowest BCUT2D eigenvalue weighted by Gasteiger charge is -2.33. The first-order chi connectivity index (χ1) is 11.8. The van der Waals surface area contributed by atoms with Crippen molar-refractivity contribution in [3.8, 4) is 5.88 Å². The van der Waals surface area contributed by atoms with E-state index < -0.39 is 0 Å². The Kier molecular flexibility index (Phi) is 3.98. The molecule has 0 aromatic carbocycles. The lowest BCUT2D eigenvalue weighted by Crippen LogP contribution is -2.38. The van der Waals surface area contributed by atoms with E-state index in [9.17, 15) is 0 Å². The van der Waals surface area contributed by atoms with Crippen LogP contribution in [0.3, 0.4) is 0 Å². The molecule has 0 spiro atoms. The van der Waals surface area contributed by atoms with Gasteiger partial charge in [0.2, 0.25) is 5.88 Å². The maximum Gasteiger partial charge on any atom is 0.232 e. The Labute approximate surface area is 140 Å². The standard InChI is InChI=1S/C17H20N6O/c1-22-8-4-14-16(22)20-12-21-17(14)23-7-2-3-13(10-23)11-24-15-9-18-5-6-19-15/h4-6,8-9,12-13H,2-3,7,10-11H2,1H3. The third-order valence-corrected chi connectivity index (χ3v) is 4.47. The zero-order chi connectivity index (χ0) is 16.4. The van der Waals surface area contributed by atoms with E-state index in [1.165, 1.54) is 0 Å². The summed E-state index contributed by atoms with van der Waals surface area (Å²) in [5.74, 6) is 2.06. The zero-order valence-electron chi connectivity index (χ0n) is 13.7. The van der Waals surface area contributed by atoms with Crippen LogP contribution in [0.2, 0.25) is 0 Å². The van der Waals surface area contributed by atoms with Crippen LogP contribution < -0.4 is 9.64 Å². The lowest BCUT2D eigenvalue weighted by molar-refractivity contribution is 0.221. The number of hydrogen-bond donors (Lipinski definition) is 0. The summed E-state index contributed by atoms with van der Waals surface area (Å²) in [4.78, 5) is 19.4. The highest BCUT2D eigenvalue weighted by atomic mass is 16.5. The number of fused-ring (bicyclic) bond motifs is 1. The SMILES string of the molecule is Cn1ccc2c(N3CCCC(COc4cnccn4)C3)ncnc21. The van der Waals surface area contributed by atoms with E-state index in [0.29, 0.717) is 18.4 Å². The minimum absolute atomic E-state index is 0.453. The predicted molar refractivity (Wildman–Crippen MR) is 91.0 cm³/mol. The number of anilines is 1. The lowest BCUT2D eigenvalue weighted by atomic mass is 9.99. The highest BCUT2D eigenvalue weighted by Crippen LogP contribution is 2.28. The van der Waals surface area contributed by atoms with Crippen molar-refractivity contribution in [1.29, 1.82) is 0 Å². The van der Waals surface area contributed by atoms with Gasteiger partial charge in [0.25, 0.3) is 0 Å². The van der Waals surface area contributed by atoms with Gasteiger partial charge in [0.05, 0.1) is 18.2 Å². The normalized spacial score (nSPS) is 18.0. The topological polar surface area (TPSA) is 69.0 Å². The monoisotopic (exact) mass is 324 g/mol. The van der Waals surface area contributed by atoms with Gasteiger partial charge in [0.15, 0.2) is 0 Å². The molecule has 0 amide bonds. The van der Waals surface area contributed by atoms with Gasteiger partial charge in [-0.2, -0.15) is 0 Å². The third-order valence-electron chi connectivity index (χ3n) is 4.47. The largest absolute Gasteiger partial charge is 0.476 e. The molecule has 1 atom stereocenters. The van der Waals surface area contributed by atoms with Gasteiger partial charge in [-0.3, -0.25) is 4.98 Å². The van der Waals surface area contributed by atoms with Crippen molar-refractivity contribution < 1.29 is 4.74 Å². The summed E-state index contributed by atoms with van der Waals surface area (Å²) >= 11 is 0. The van der Waals surface area contributed by atoms with Crippen LogP contribution in [0.1, 0.15) is 12.8 Å². The molecule has 4 heterocycles. The van der Waals surface area contributed by atoms with E-state index in [1.807, 2.05) is 17.8 Å². The Morgan fingerprint density at radius 2 is 2.21 bits per heavy atom. The molecule has 3 aromatic rings. The molecule has 0 bridgehead atoms. The average Bonchev–Trinajstić information content (AvgIpc) is 3.02. The van der Waals surface area contributed by atoms with E-state index in [4.69, 9.17) is 4.74 Å². The molecule has 124 valence electrons. The fourth-order valence-electron chi connectivity index (χ4n) is 3.27. The second-order valence-corrected chi connectivity index (χ2v) is 6.17. The maximum absolute atomic E-state index is 5.78. The summed E-state index contributed by atoms with van der Waals surface area (Å²) in [6, 6.07) is 2.09.